The van der Waals surface area contributed by atoms with Crippen LogP contribution in [0.2, 0.25) is 0 Å². The summed E-state index contributed by atoms with van der Waals surface area (Å²) in [5.74, 6) is 1.94. The molecule has 1 aliphatic heterocycles. The van der Waals surface area contributed by atoms with E-state index in [1.165, 1.54) is 6.07 Å². The van der Waals surface area contributed by atoms with Crippen LogP contribution in [-0.4, -0.2) is 26.1 Å². The number of aryl methyl sites for hydroxylation is 1. The number of ether oxygens (including phenoxy) is 4. The molecule has 348 valence electrons. The van der Waals surface area contributed by atoms with Gasteiger partial charge in [-0.25, -0.2) is 0 Å². The van der Waals surface area contributed by atoms with Crippen LogP contribution in [-0.2, 0) is 26.8 Å². The Hall–Kier alpha value is -7.07. The van der Waals surface area contributed by atoms with Crippen molar-refractivity contribution in [1.82, 2.24) is 0 Å². The van der Waals surface area contributed by atoms with E-state index in [1.807, 2.05) is 106 Å². The third-order valence-electron chi connectivity index (χ3n) is 13.6. The number of fused-ring (bicyclic) bond motifs is 10. The number of hydrogen-bond donors (Lipinski definition) is 1. The number of halogens is 3. The zero-order valence-corrected chi connectivity index (χ0v) is 39.2. The Labute approximate surface area is 394 Å². The average molecular weight is 918 g/mol. The molecule has 1 aliphatic carbocycles. The fraction of sp³-hybridized carbons (Fsp3) is 0.276. The molecule has 1 atom stereocenters. The van der Waals surface area contributed by atoms with Gasteiger partial charge in [0.05, 0.1) is 19.3 Å². The highest BCUT2D eigenvalue weighted by molar-refractivity contribution is 6.23. The second-order valence-electron chi connectivity index (χ2n) is 18.3. The average Bonchev–Trinajstić information content (AvgIpc) is 3.57. The Morgan fingerprint density at radius 2 is 1.49 bits per heavy atom. The van der Waals surface area contributed by atoms with E-state index in [2.05, 4.69) is 31.3 Å². The number of carbonyl (C=O) groups excluding carboxylic acids is 2. The Bertz CT molecular complexity index is 3120. The van der Waals surface area contributed by atoms with Gasteiger partial charge in [-0.1, -0.05) is 102 Å². The minimum atomic E-state index is -4.56. The van der Waals surface area contributed by atoms with Gasteiger partial charge in [0.1, 0.15) is 23.0 Å². The molecule has 1 heterocycles. The molecule has 1 unspecified atom stereocenters. The van der Waals surface area contributed by atoms with Gasteiger partial charge in [0.25, 0.3) is 0 Å². The smallest absolute Gasteiger partial charge is 0.416 e. The van der Waals surface area contributed by atoms with Gasteiger partial charge in [-0.3, -0.25) is 9.59 Å². The van der Waals surface area contributed by atoms with Crippen LogP contribution in [0.4, 0.5) is 18.9 Å². The fourth-order valence-electron chi connectivity index (χ4n) is 10.2. The van der Waals surface area contributed by atoms with Crippen molar-refractivity contribution in [2.45, 2.75) is 90.3 Å². The van der Waals surface area contributed by atoms with E-state index >= 15 is 0 Å². The number of rotatable bonds is 15. The maximum absolute atomic E-state index is 14.6. The lowest BCUT2D eigenvalue weighted by molar-refractivity contribution is -0.137. The standard InChI is InChI=1S/C58H54F3NO6/c1-7-9-11-15-50(64)67-49-14-12-13-44-51(49)46(42-27-21-39(62-34-63)31-35(42)3)33-47-52-43-26-20-38(58(59,60)61)32-48(43)56(4,5)54(52)45-28-29-57(68-55(45)53(44)47,36-16-22-40(65-6)23-17-36)37-18-24-41(25-19-37)66-30-10-8-2/h12-14,16-29,31-34H,7-11,15,30H2,1-6H3,(H,62,63). The topological polar surface area (TPSA) is 83.1 Å². The molecule has 1 N–H and O–H groups in total. The molecule has 2 aliphatic rings. The lowest BCUT2D eigenvalue weighted by Crippen LogP contribution is -2.35. The summed E-state index contributed by atoms with van der Waals surface area (Å²) in [5, 5.41) is 5.60. The largest absolute Gasteiger partial charge is 0.497 e. The Kier molecular flexibility index (Phi) is 12.3. The number of unbranched alkanes of at least 4 members (excludes halogenated alkanes) is 3. The van der Waals surface area contributed by atoms with Gasteiger partial charge in [-0.05, 0) is 136 Å². The minimum absolute atomic E-state index is 0.244. The summed E-state index contributed by atoms with van der Waals surface area (Å²) in [5.41, 5.74) is 5.39. The van der Waals surface area contributed by atoms with Gasteiger partial charge in [-0.15, -0.1) is 0 Å². The van der Waals surface area contributed by atoms with E-state index in [1.54, 1.807) is 19.2 Å². The molecular weight excluding hydrogens is 864 g/mol. The molecule has 7 nitrogen and oxygen atoms in total. The number of nitrogens with one attached hydrogen (secondary N) is 1. The van der Waals surface area contributed by atoms with Crippen molar-refractivity contribution in [3.8, 4) is 45.3 Å². The predicted molar refractivity (Wildman–Crippen MR) is 264 cm³/mol. The van der Waals surface area contributed by atoms with E-state index in [0.29, 0.717) is 64.3 Å². The van der Waals surface area contributed by atoms with Crippen LogP contribution in [0.3, 0.4) is 0 Å². The van der Waals surface area contributed by atoms with Crippen molar-refractivity contribution < 1.29 is 41.7 Å². The third-order valence-corrected chi connectivity index (χ3v) is 13.6. The number of carbonyl (C=O) groups is 2. The fourth-order valence-corrected chi connectivity index (χ4v) is 10.2. The van der Waals surface area contributed by atoms with Crippen LogP contribution in [0.25, 0.3) is 49.9 Å². The van der Waals surface area contributed by atoms with E-state index in [0.717, 1.165) is 92.8 Å². The van der Waals surface area contributed by atoms with Gasteiger partial charge in [0, 0.05) is 45.0 Å². The Balaban J connectivity index is 1.40. The van der Waals surface area contributed by atoms with E-state index in [9.17, 15) is 22.8 Å². The van der Waals surface area contributed by atoms with Crippen LogP contribution in [0, 0.1) is 6.92 Å². The summed E-state index contributed by atoms with van der Waals surface area (Å²) < 4.78 is 69.4. The van der Waals surface area contributed by atoms with Gasteiger partial charge >= 0.3 is 12.1 Å². The second kappa shape index (κ2) is 18.2. The quantitative estimate of drug-likeness (QED) is 0.0363. The summed E-state index contributed by atoms with van der Waals surface area (Å²) in [6, 6.07) is 33.1. The van der Waals surface area contributed by atoms with Gasteiger partial charge in [0.15, 0.2) is 5.60 Å². The first-order valence-corrected chi connectivity index (χ1v) is 23.3. The molecule has 10 heteroatoms. The zero-order valence-electron chi connectivity index (χ0n) is 39.2. The van der Waals surface area contributed by atoms with Crippen LogP contribution in [0.1, 0.15) is 105 Å². The number of anilines is 1. The van der Waals surface area contributed by atoms with Crippen molar-refractivity contribution in [2.75, 3.05) is 19.0 Å². The first kappa shape index (κ1) is 46.1. The van der Waals surface area contributed by atoms with Crippen molar-refractivity contribution in [3.05, 3.63) is 154 Å². The lowest BCUT2D eigenvalue weighted by atomic mass is 9.76. The van der Waals surface area contributed by atoms with E-state index in [4.69, 9.17) is 18.9 Å². The first-order valence-electron chi connectivity index (χ1n) is 23.3. The molecule has 0 spiro atoms. The molecule has 0 aromatic heterocycles. The molecular formula is C58H54F3NO6. The molecule has 7 aromatic rings. The SMILES string of the molecule is CCCCCC(=O)Oc1cccc2c1c(-c1ccc(NC=O)cc1C)cc1c3c(c4c(c12)OC(c1ccc(OC)cc1)(c1ccc(OCCCC)cc1)C=C4)C(C)(C)c1cc(C(F)(F)F)ccc1-3. The molecule has 0 saturated carbocycles. The van der Waals surface area contributed by atoms with Crippen molar-refractivity contribution >= 4 is 45.7 Å². The van der Waals surface area contributed by atoms with Crippen LogP contribution >= 0.6 is 0 Å². The van der Waals surface area contributed by atoms with Gasteiger partial charge in [0.2, 0.25) is 6.41 Å². The van der Waals surface area contributed by atoms with E-state index in [-0.39, 0.29) is 12.4 Å². The Morgan fingerprint density at radius 3 is 2.15 bits per heavy atom. The molecule has 0 fully saturated rings. The maximum Gasteiger partial charge on any atom is 0.416 e. The summed E-state index contributed by atoms with van der Waals surface area (Å²) >= 11 is 0. The summed E-state index contributed by atoms with van der Waals surface area (Å²) in [4.78, 5) is 25.2. The molecule has 0 bridgehead atoms. The van der Waals surface area contributed by atoms with Crippen molar-refractivity contribution in [2.24, 2.45) is 0 Å². The number of amides is 1. The molecule has 9 rings (SSSR count). The van der Waals surface area contributed by atoms with Crippen LogP contribution in [0.5, 0.6) is 23.0 Å². The van der Waals surface area contributed by atoms with Crippen molar-refractivity contribution in [1.29, 1.82) is 0 Å². The third kappa shape index (κ3) is 8.03. The van der Waals surface area contributed by atoms with Crippen molar-refractivity contribution in [3.63, 3.8) is 0 Å². The zero-order chi connectivity index (χ0) is 48.0. The van der Waals surface area contributed by atoms with Crippen LogP contribution < -0.4 is 24.3 Å². The monoisotopic (exact) mass is 917 g/mol. The minimum Gasteiger partial charge on any atom is -0.497 e. The number of alkyl halides is 3. The normalized spacial score (nSPS) is 15.6. The highest BCUT2D eigenvalue weighted by Crippen LogP contribution is 2.61. The van der Waals surface area contributed by atoms with Gasteiger partial charge in [-0.2, -0.15) is 13.2 Å². The highest BCUT2D eigenvalue weighted by atomic mass is 19.4. The molecule has 0 radical (unpaired) electrons. The van der Waals surface area contributed by atoms with E-state index < -0.39 is 22.8 Å². The molecule has 7 aromatic carbocycles. The predicted octanol–water partition coefficient (Wildman–Crippen LogP) is 14.9. The molecule has 1 amide bonds. The number of hydrogen-bond acceptors (Lipinski definition) is 6. The first-order chi connectivity index (χ1) is 32.7. The van der Waals surface area contributed by atoms with Crippen LogP contribution in [0.15, 0.2) is 115 Å². The number of esters is 1. The number of benzene rings is 7. The summed E-state index contributed by atoms with van der Waals surface area (Å²) in [7, 11) is 1.62. The maximum atomic E-state index is 14.6. The highest BCUT2D eigenvalue weighted by Gasteiger charge is 2.46. The molecule has 0 saturated heterocycles. The second-order valence-corrected chi connectivity index (χ2v) is 18.3. The lowest BCUT2D eigenvalue weighted by Gasteiger charge is -2.39. The summed E-state index contributed by atoms with van der Waals surface area (Å²) in [6.07, 6.45) is 4.85. The molecule has 68 heavy (non-hydrogen) atoms. The number of methoxy groups -OCH3 is 1. The van der Waals surface area contributed by atoms with Gasteiger partial charge < -0.3 is 24.3 Å². The Morgan fingerprint density at radius 1 is 0.779 bits per heavy atom. The summed E-state index contributed by atoms with van der Waals surface area (Å²) in [6.45, 7) is 10.7.